The van der Waals surface area contributed by atoms with Gasteiger partial charge in [-0.2, -0.15) is 8.42 Å². The molecule has 0 amide bonds. The van der Waals surface area contributed by atoms with Gasteiger partial charge in [0.1, 0.15) is 10.6 Å². The summed E-state index contributed by atoms with van der Waals surface area (Å²) in [5.41, 5.74) is -1.55. The maximum Gasteiger partial charge on any atom is 0.339 e. The van der Waals surface area contributed by atoms with Crippen LogP contribution in [0, 0.1) is 11.6 Å². The molecule has 24 heavy (non-hydrogen) atoms. The van der Waals surface area contributed by atoms with E-state index >= 15 is 0 Å². The summed E-state index contributed by atoms with van der Waals surface area (Å²) in [5.74, 6) is -2.82. The molecule has 0 bridgehead atoms. The van der Waals surface area contributed by atoms with Crippen molar-refractivity contribution in [2.24, 2.45) is 0 Å². The molecule has 2 aromatic carbocycles. The van der Waals surface area contributed by atoms with Crippen LogP contribution in [0.4, 0.5) is 8.78 Å². The number of aromatic nitrogens is 2. The van der Waals surface area contributed by atoms with Crippen LogP contribution in [0.25, 0.3) is 11.0 Å². The summed E-state index contributed by atoms with van der Waals surface area (Å²) < 4.78 is 55.1. The molecule has 0 radical (unpaired) electrons. The van der Waals surface area contributed by atoms with Crippen LogP contribution in [0.5, 0.6) is 5.75 Å². The van der Waals surface area contributed by atoms with Crippen molar-refractivity contribution in [2.75, 3.05) is 0 Å². The Morgan fingerprint density at radius 2 is 1.50 bits per heavy atom. The molecule has 0 unspecified atom stereocenters. The average molecular weight is 354 g/mol. The number of aromatic amines is 2. The minimum Gasteiger partial charge on any atom is -0.379 e. The van der Waals surface area contributed by atoms with Gasteiger partial charge in [0.25, 0.3) is 0 Å². The highest BCUT2D eigenvalue weighted by atomic mass is 32.2. The van der Waals surface area contributed by atoms with E-state index in [1.807, 2.05) is 0 Å². The number of H-pyrrole nitrogens is 2. The van der Waals surface area contributed by atoms with E-state index in [0.29, 0.717) is 6.07 Å². The van der Waals surface area contributed by atoms with E-state index in [1.54, 1.807) is 0 Å². The lowest BCUT2D eigenvalue weighted by molar-refractivity contribution is 0.472. The molecule has 0 saturated carbocycles. The standard InChI is InChI=1S/C14H8F2N2O5S/c15-9-3-1-7(5-10(9)16)23-24(21,22)8-2-4-11-12(6-8)18-14(20)13(19)17-11/h1-6H,(H,17,19)(H,18,20). The summed E-state index contributed by atoms with van der Waals surface area (Å²) in [6.07, 6.45) is 0. The van der Waals surface area contributed by atoms with Crippen LogP contribution in [0.1, 0.15) is 0 Å². The molecule has 0 aliphatic carbocycles. The first-order valence-electron chi connectivity index (χ1n) is 6.42. The topological polar surface area (TPSA) is 109 Å². The van der Waals surface area contributed by atoms with Crippen molar-refractivity contribution in [3.05, 3.63) is 68.7 Å². The Hall–Kier alpha value is -3.01. The Kier molecular flexibility index (Phi) is 3.68. The molecule has 3 rings (SSSR count). The summed E-state index contributed by atoms with van der Waals surface area (Å²) in [4.78, 5) is 26.7. The highest BCUT2D eigenvalue weighted by Crippen LogP contribution is 2.22. The van der Waals surface area contributed by atoms with Gasteiger partial charge in [0, 0.05) is 6.07 Å². The van der Waals surface area contributed by atoms with E-state index in [4.69, 9.17) is 4.18 Å². The fourth-order valence-electron chi connectivity index (χ4n) is 1.95. The molecule has 10 heteroatoms. The Balaban J connectivity index is 2.04. The fraction of sp³-hybridized carbons (Fsp3) is 0. The van der Waals surface area contributed by atoms with Gasteiger partial charge in [-0.1, -0.05) is 0 Å². The van der Waals surface area contributed by atoms with Gasteiger partial charge in [0.05, 0.1) is 11.0 Å². The second-order valence-corrected chi connectivity index (χ2v) is 6.28. The number of nitrogens with one attached hydrogen (secondary N) is 2. The van der Waals surface area contributed by atoms with Crippen molar-refractivity contribution in [3.63, 3.8) is 0 Å². The van der Waals surface area contributed by atoms with Crippen molar-refractivity contribution in [1.29, 1.82) is 0 Å². The van der Waals surface area contributed by atoms with Crippen LogP contribution in [-0.2, 0) is 10.1 Å². The minimum atomic E-state index is -4.36. The zero-order valence-corrected chi connectivity index (χ0v) is 12.5. The summed E-state index contributed by atoms with van der Waals surface area (Å²) in [6, 6.07) is 5.73. The van der Waals surface area contributed by atoms with Crippen LogP contribution in [0.15, 0.2) is 50.9 Å². The van der Waals surface area contributed by atoms with Gasteiger partial charge < -0.3 is 14.2 Å². The molecule has 1 heterocycles. The number of halogens is 2. The van der Waals surface area contributed by atoms with Gasteiger partial charge in [0.15, 0.2) is 11.6 Å². The van der Waals surface area contributed by atoms with Crippen LogP contribution < -0.4 is 15.3 Å². The summed E-state index contributed by atoms with van der Waals surface area (Å²) >= 11 is 0. The lowest BCUT2D eigenvalue weighted by Gasteiger charge is -2.08. The van der Waals surface area contributed by atoms with Gasteiger partial charge >= 0.3 is 21.2 Å². The molecular formula is C14H8F2N2O5S. The second-order valence-electron chi connectivity index (χ2n) is 4.73. The maximum atomic E-state index is 13.1. The lowest BCUT2D eigenvalue weighted by atomic mass is 10.3. The largest absolute Gasteiger partial charge is 0.379 e. The first-order chi connectivity index (χ1) is 11.3. The van der Waals surface area contributed by atoms with Crippen LogP contribution in [-0.4, -0.2) is 18.4 Å². The molecule has 3 aromatic rings. The molecule has 0 saturated heterocycles. The van der Waals surface area contributed by atoms with E-state index in [9.17, 15) is 26.8 Å². The quantitative estimate of drug-likeness (QED) is 0.544. The number of hydrogen-bond acceptors (Lipinski definition) is 5. The van der Waals surface area contributed by atoms with Crippen molar-refractivity contribution in [3.8, 4) is 5.75 Å². The van der Waals surface area contributed by atoms with Gasteiger partial charge in [-0.15, -0.1) is 0 Å². The van der Waals surface area contributed by atoms with Crippen molar-refractivity contribution in [2.45, 2.75) is 4.90 Å². The number of fused-ring (bicyclic) bond motifs is 1. The second kappa shape index (κ2) is 5.57. The predicted octanol–water partition coefficient (Wildman–Crippen LogP) is 1.26. The van der Waals surface area contributed by atoms with E-state index < -0.39 is 38.6 Å². The van der Waals surface area contributed by atoms with Gasteiger partial charge in [-0.25, -0.2) is 8.78 Å². The first-order valence-corrected chi connectivity index (χ1v) is 7.83. The molecule has 7 nitrogen and oxygen atoms in total. The number of rotatable bonds is 3. The monoisotopic (exact) mass is 354 g/mol. The molecule has 2 N–H and O–H groups in total. The highest BCUT2D eigenvalue weighted by Gasteiger charge is 2.18. The zero-order chi connectivity index (χ0) is 17.5. The Morgan fingerprint density at radius 3 is 2.17 bits per heavy atom. The third kappa shape index (κ3) is 2.91. The third-order valence-electron chi connectivity index (χ3n) is 3.08. The summed E-state index contributed by atoms with van der Waals surface area (Å²) in [7, 11) is -4.36. The number of hydrogen-bond donors (Lipinski definition) is 2. The SMILES string of the molecule is O=c1[nH]c2ccc(S(=O)(=O)Oc3ccc(F)c(F)c3)cc2[nH]c1=O. The van der Waals surface area contributed by atoms with E-state index in [0.717, 1.165) is 24.3 Å². The smallest absolute Gasteiger partial charge is 0.339 e. The molecule has 0 fully saturated rings. The van der Waals surface area contributed by atoms with E-state index in [1.165, 1.54) is 6.07 Å². The Labute approximate surface area is 132 Å². The van der Waals surface area contributed by atoms with Crippen molar-refractivity contribution in [1.82, 2.24) is 9.97 Å². The van der Waals surface area contributed by atoms with Crippen molar-refractivity contribution < 1.29 is 21.4 Å². The van der Waals surface area contributed by atoms with E-state index in [2.05, 4.69) is 9.97 Å². The molecule has 1 aromatic heterocycles. The molecule has 0 aliphatic heterocycles. The van der Waals surface area contributed by atoms with Gasteiger partial charge in [-0.3, -0.25) is 9.59 Å². The third-order valence-corrected chi connectivity index (χ3v) is 4.32. The molecule has 0 atom stereocenters. The maximum absolute atomic E-state index is 13.1. The van der Waals surface area contributed by atoms with Crippen LogP contribution >= 0.6 is 0 Å². The molecular weight excluding hydrogens is 346 g/mol. The Morgan fingerprint density at radius 1 is 0.833 bits per heavy atom. The first kappa shape index (κ1) is 15.9. The molecule has 0 spiro atoms. The average Bonchev–Trinajstić information content (AvgIpc) is 2.51. The minimum absolute atomic E-state index is 0.0644. The lowest BCUT2D eigenvalue weighted by Crippen LogP contribution is -2.29. The van der Waals surface area contributed by atoms with Crippen molar-refractivity contribution >= 4 is 21.2 Å². The fourth-order valence-corrected chi connectivity index (χ4v) is 2.90. The molecule has 0 aliphatic rings. The Bertz CT molecular complexity index is 1170. The highest BCUT2D eigenvalue weighted by molar-refractivity contribution is 7.87. The molecule has 124 valence electrons. The summed E-state index contributed by atoms with van der Waals surface area (Å²) in [5, 5.41) is 0. The van der Waals surface area contributed by atoms with Crippen LogP contribution in [0.3, 0.4) is 0 Å². The number of benzene rings is 2. The zero-order valence-electron chi connectivity index (χ0n) is 11.7. The predicted molar refractivity (Wildman–Crippen MR) is 79.4 cm³/mol. The van der Waals surface area contributed by atoms with Gasteiger partial charge in [-0.05, 0) is 30.3 Å². The van der Waals surface area contributed by atoms with E-state index in [-0.39, 0.29) is 15.9 Å². The van der Waals surface area contributed by atoms with Crippen LogP contribution in [0.2, 0.25) is 0 Å². The summed E-state index contributed by atoms with van der Waals surface area (Å²) in [6.45, 7) is 0. The van der Waals surface area contributed by atoms with Gasteiger partial charge in [0.2, 0.25) is 0 Å². The normalized spacial score (nSPS) is 11.6.